The Balaban J connectivity index is 0.000000423. The molecule has 31 heavy (non-hydrogen) atoms. The van der Waals surface area contributed by atoms with Crippen molar-refractivity contribution < 1.29 is 31.5 Å². The van der Waals surface area contributed by atoms with E-state index >= 15 is 0 Å². The number of carbonyl (C=O) groups is 1. The number of rotatable bonds is 7. The molecule has 174 valence electrons. The van der Waals surface area contributed by atoms with E-state index in [0.717, 1.165) is 26.1 Å². The monoisotopic (exact) mass is 482 g/mol. The molecule has 0 radical (unpaired) electrons. The van der Waals surface area contributed by atoms with Gasteiger partial charge in [0, 0.05) is 37.3 Å². The van der Waals surface area contributed by atoms with Crippen LogP contribution in [0.3, 0.4) is 0 Å². The molecule has 0 aromatic carbocycles. The van der Waals surface area contributed by atoms with Crippen molar-refractivity contribution >= 4 is 27.3 Å². The average Bonchev–Trinajstić information content (AvgIpc) is 3.30. The maximum Gasteiger partial charge on any atom is 0.490 e. The molecule has 0 amide bonds. The molecule has 1 atom stereocenters. The summed E-state index contributed by atoms with van der Waals surface area (Å²) in [4.78, 5) is 12.7. The Bertz CT molecular complexity index is 973. The van der Waals surface area contributed by atoms with Gasteiger partial charge in [-0.1, -0.05) is 0 Å². The Morgan fingerprint density at radius 3 is 2.61 bits per heavy atom. The summed E-state index contributed by atoms with van der Waals surface area (Å²) >= 11 is 1.80. The number of alkyl halides is 3. The first-order valence-corrected chi connectivity index (χ1v) is 12.0. The van der Waals surface area contributed by atoms with Crippen molar-refractivity contribution in [3.8, 4) is 0 Å². The SMILES string of the molecule is CCS(=O)(=O)NCCC1CN(Cc2sccc2C)Cc2ccnn21.O=C(O)C(F)(F)F. The molecule has 0 saturated heterocycles. The third kappa shape index (κ3) is 7.59. The predicted molar refractivity (Wildman–Crippen MR) is 110 cm³/mol. The van der Waals surface area contributed by atoms with Gasteiger partial charge in [0.2, 0.25) is 10.0 Å². The van der Waals surface area contributed by atoms with Crippen LogP contribution in [0.5, 0.6) is 0 Å². The lowest BCUT2D eigenvalue weighted by atomic mass is 10.1. The second-order valence-corrected chi connectivity index (χ2v) is 10.1. The quantitative estimate of drug-likeness (QED) is 0.629. The van der Waals surface area contributed by atoms with Crippen LogP contribution in [0.1, 0.15) is 35.5 Å². The van der Waals surface area contributed by atoms with E-state index in [-0.39, 0.29) is 11.8 Å². The minimum atomic E-state index is -5.08. The molecule has 1 aliphatic rings. The molecule has 8 nitrogen and oxygen atoms in total. The molecule has 0 aliphatic carbocycles. The smallest absolute Gasteiger partial charge is 0.475 e. The van der Waals surface area contributed by atoms with Gasteiger partial charge in [-0.05, 0) is 43.3 Å². The molecule has 0 bridgehead atoms. The molecule has 2 N–H and O–H groups in total. The second kappa shape index (κ2) is 10.6. The summed E-state index contributed by atoms with van der Waals surface area (Å²) in [6.07, 6.45) is -2.51. The van der Waals surface area contributed by atoms with Gasteiger partial charge in [0.1, 0.15) is 0 Å². The van der Waals surface area contributed by atoms with E-state index in [1.54, 1.807) is 18.3 Å². The van der Waals surface area contributed by atoms with Crippen LogP contribution >= 0.6 is 11.3 Å². The Morgan fingerprint density at radius 1 is 1.39 bits per heavy atom. The molecular weight excluding hydrogens is 457 g/mol. The van der Waals surface area contributed by atoms with Crippen molar-refractivity contribution in [1.29, 1.82) is 0 Å². The Kier molecular flexibility index (Phi) is 8.63. The summed E-state index contributed by atoms with van der Waals surface area (Å²) in [5, 5.41) is 13.7. The highest BCUT2D eigenvalue weighted by atomic mass is 32.2. The summed E-state index contributed by atoms with van der Waals surface area (Å²) in [6, 6.07) is 4.41. The number of carboxylic acid groups (broad SMARTS) is 1. The maximum absolute atomic E-state index is 11.6. The van der Waals surface area contributed by atoms with Crippen molar-refractivity contribution in [2.45, 2.75) is 45.6 Å². The standard InChI is InChI=1S/C16H24N4O2S2.C2HF3O2/c1-3-24(21,22)18-8-5-15-11-19(10-14-4-7-17-20(14)15)12-16-13(2)6-9-23-16;3-2(4,5)1(6)7/h4,6-7,9,15,18H,3,5,8,10-12H2,1-2H3;(H,6,7). The van der Waals surface area contributed by atoms with Crippen LogP contribution in [0.15, 0.2) is 23.7 Å². The highest BCUT2D eigenvalue weighted by Crippen LogP contribution is 2.26. The lowest BCUT2D eigenvalue weighted by molar-refractivity contribution is -0.192. The summed E-state index contributed by atoms with van der Waals surface area (Å²) in [5.74, 6) is -2.64. The number of hydrogen-bond donors (Lipinski definition) is 2. The van der Waals surface area contributed by atoms with Crippen molar-refractivity contribution in [3.05, 3.63) is 39.8 Å². The Hall–Kier alpha value is -1.96. The molecule has 3 heterocycles. The number of nitrogens with zero attached hydrogens (tertiary/aromatic N) is 3. The molecule has 0 saturated carbocycles. The number of aryl methyl sites for hydroxylation is 1. The molecule has 1 unspecified atom stereocenters. The van der Waals surface area contributed by atoms with Crippen molar-refractivity contribution in [2.24, 2.45) is 0 Å². The van der Waals surface area contributed by atoms with Gasteiger partial charge in [0.05, 0.1) is 17.5 Å². The lowest BCUT2D eigenvalue weighted by Gasteiger charge is -2.34. The van der Waals surface area contributed by atoms with E-state index in [1.165, 1.54) is 16.1 Å². The van der Waals surface area contributed by atoms with Crippen LogP contribution in [-0.4, -0.2) is 59.2 Å². The third-order valence-electron chi connectivity index (χ3n) is 4.71. The second-order valence-electron chi connectivity index (χ2n) is 7.01. The Labute approximate surface area is 182 Å². The third-order valence-corrected chi connectivity index (χ3v) is 7.12. The normalized spacial score (nSPS) is 17.0. The zero-order chi connectivity index (χ0) is 23.2. The topological polar surface area (TPSA) is 105 Å². The van der Waals surface area contributed by atoms with E-state index in [2.05, 4.69) is 43.8 Å². The first-order chi connectivity index (χ1) is 14.4. The molecule has 0 fully saturated rings. The molecule has 13 heteroatoms. The summed E-state index contributed by atoms with van der Waals surface area (Å²) < 4.78 is 59.7. The van der Waals surface area contributed by atoms with Gasteiger partial charge in [-0.2, -0.15) is 18.3 Å². The summed E-state index contributed by atoms with van der Waals surface area (Å²) in [5.41, 5.74) is 2.53. The number of hydrogen-bond acceptors (Lipinski definition) is 6. The van der Waals surface area contributed by atoms with E-state index in [0.29, 0.717) is 6.54 Å². The van der Waals surface area contributed by atoms with Crippen LogP contribution in [0, 0.1) is 6.92 Å². The van der Waals surface area contributed by atoms with Crippen LogP contribution in [0.2, 0.25) is 0 Å². The average molecular weight is 483 g/mol. The van der Waals surface area contributed by atoms with Crippen molar-refractivity contribution in [3.63, 3.8) is 0 Å². The van der Waals surface area contributed by atoms with E-state index < -0.39 is 22.2 Å². The Morgan fingerprint density at radius 2 is 2.06 bits per heavy atom. The van der Waals surface area contributed by atoms with Gasteiger partial charge < -0.3 is 5.11 Å². The fourth-order valence-corrected chi connectivity index (χ4v) is 4.63. The zero-order valence-electron chi connectivity index (χ0n) is 17.1. The molecule has 3 rings (SSSR count). The predicted octanol–water partition coefficient (Wildman–Crippen LogP) is 2.77. The molecular formula is C18H25F3N4O4S2. The van der Waals surface area contributed by atoms with Gasteiger partial charge >= 0.3 is 12.1 Å². The highest BCUT2D eigenvalue weighted by Gasteiger charge is 2.38. The van der Waals surface area contributed by atoms with Crippen LogP contribution < -0.4 is 4.72 Å². The number of aromatic nitrogens is 2. The first-order valence-electron chi connectivity index (χ1n) is 9.48. The molecule has 2 aromatic rings. The molecule has 2 aromatic heterocycles. The highest BCUT2D eigenvalue weighted by molar-refractivity contribution is 7.89. The van der Waals surface area contributed by atoms with Gasteiger partial charge in [0.15, 0.2) is 0 Å². The zero-order valence-corrected chi connectivity index (χ0v) is 18.7. The number of aliphatic carboxylic acids is 1. The number of fused-ring (bicyclic) bond motifs is 1. The van der Waals surface area contributed by atoms with Crippen LogP contribution in [0.4, 0.5) is 13.2 Å². The fourth-order valence-electron chi connectivity index (χ4n) is 3.05. The first kappa shape index (κ1) is 25.3. The van der Waals surface area contributed by atoms with Gasteiger partial charge in [-0.15, -0.1) is 11.3 Å². The van der Waals surface area contributed by atoms with Crippen molar-refractivity contribution in [1.82, 2.24) is 19.4 Å². The van der Waals surface area contributed by atoms with Gasteiger partial charge in [-0.3, -0.25) is 9.58 Å². The molecule has 0 spiro atoms. The molecule has 1 aliphatic heterocycles. The van der Waals surface area contributed by atoms with Gasteiger partial charge in [-0.25, -0.2) is 17.9 Å². The fraction of sp³-hybridized carbons (Fsp3) is 0.556. The van der Waals surface area contributed by atoms with E-state index in [4.69, 9.17) is 9.90 Å². The number of thiophene rings is 1. The van der Waals surface area contributed by atoms with E-state index in [1.807, 2.05) is 6.20 Å². The minimum absolute atomic E-state index is 0.120. The maximum atomic E-state index is 11.6. The minimum Gasteiger partial charge on any atom is -0.475 e. The number of carboxylic acids is 1. The summed E-state index contributed by atoms with van der Waals surface area (Å²) in [7, 11) is -3.14. The lowest BCUT2D eigenvalue weighted by Crippen LogP contribution is -2.39. The van der Waals surface area contributed by atoms with E-state index in [9.17, 15) is 21.6 Å². The summed E-state index contributed by atoms with van der Waals surface area (Å²) in [6.45, 7) is 6.96. The van der Waals surface area contributed by atoms with Crippen LogP contribution in [-0.2, 0) is 27.9 Å². The van der Waals surface area contributed by atoms with Crippen molar-refractivity contribution in [2.75, 3.05) is 18.8 Å². The number of sulfonamides is 1. The van der Waals surface area contributed by atoms with Crippen LogP contribution in [0.25, 0.3) is 0 Å². The largest absolute Gasteiger partial charge is 0.490 e. The number of halogens is 3. The van der Waals surface area contributed by atoms with Gasteiger partial charge in [0.25, 0.3) is 0 Å². The number of nitrogens with one attached hydrogen (secondary N) is 1.